The quantitative estimate of drug-likeness (QED) is 0.877. The third-order valence-electron chi connectivity index (χ3n) is 4.82. The second kappa shape index (κ2) is 4.37. The number of amides is 1. The topological polar surface area (TPSA) is 37.3 Å². The highest BCUT2D eigenvalue weighted by molar-refractivity contribution is 5.93. The molecule has 1 aromatic heterocycles. The van der Waals surface area contributed by atoms with E-state index in [-0.39, 0.29) is 5.91 Å². The number of likely N-dealkylation sites (tertiary alicyclic amines) is 1. The van der Waals surface area contributed by atoms with Crippen LogP contribution < -0.4 is 5.32 Å². The summed E-state index contributed by atoms with van der Waals surface area (Å²) < 4.78 is 2.18. The molecule has 1 saturated carbocycles. The van der Waals surface area contributed by atoms with E-state index in [1.165, 1.54) is 25.7 Å². The van der Waals surface area contributed by atoms with E-state index in [1.807, 2.05) is 12.1 Å². The van der Waals surface area contributed by atoms with Gasteiger partial charge in [-0.05, 0) is 50.3 Å². The first kappa shape index (κ1) is 11.5. The zero-order valence-corrected chi connectivity index (χ0v) is 11.2. The fourth-order valence-corrected chi connectivity index (χ4v) is 3.62. The molecule has 3 aliphatic rings. The number of rotatable bonds is 2. The van der Waals surface area contributed by atoms with Crippen LogP contribution in [0.5, 0.6) is 0 Å². The highest BCUT2D eigenvalue weighted by atomic mass is 16.2. The maximum atomic E-state index is 12.7. The molecule has 102 valence electrons. The van der Waals surface area contributed by atoms with Gasteiger partial charge < -0.3 is 14.8 Å². The molecule has 4 heteroatoms. The molecule has 19 heavy (non-hydrogen) atoms. The number of nitrogens with zero attached hydrogens (tertiary/aromatic N) is 2. The summed E-state index contributed by atoms with van der Waals surface area (Å²) in [5.74, 6) is 0.898. The zero-order valence-electron chi connectivity index (χ0n) is 11.2. The van der Waals surface area contributed by atoms with Crippen LogP contribution in [0.3, 0.4) is 0 Å². The number of hydrogen-bond donors (Lipinski definition) is 1. The third-order valence-corrected chi connectivity index (χ3v) is 4.82. The van der Waals surface area contributed by atoms with Crippen LogP contribution in [0, 0.1) is 5.92 Å². The first-order chi connectivity index (χ1) is 9.33. The van der Waals surface area contributed by atoms with Crippen LogP contribution in [0.15, 0.2) is 18.3 Å². The molecule has 3 heterocycles. The van der Waals surface area contributed by atoms with Gasteiger partial charge in [-0.25, -0.2) is 0 Å². The summed E-state index contributed by atoms with van der Waals surface area (Å²) >= 11 is 0. The van der Waals surface area contributed by atoms with Crippen molar-refractivity contribution in [1.29, 1.82) is 0 Å². The van der Waals surface area contributed by atoms with Gasteiger partial charge in [-0.1, -0.05) is 0 Å². The van der Waals surface area contributed by atoms with Gasteiger partial charge in [-0.3, -0.25) is 4.79 Å². The molecule has 3 fully saturated rings. The Labute approximate surface area is 113 Å². The van der Waals surface area contributed by atoms with Gasteiger partial charge in [0.1, 0.15) is 5.69 Å². The Hall–Kier alpha value is -1.29. The largest absolute Gasteiger partial charge is 0.340 e. The highest BCUT2D eigenvalue weighted by Crippen LogP contribution is 2.36. The maximum Gasteiger partial charge on any atom is 0.270 e. The Kier molecular flexibility index (Phi) is 2.65. The molecule has 0 bridgehead atoms. The van der Waals surface area contributed by atoms with Crippen molar-refractivity contribution in [3.63, 3.8) is 0 Å². The van der Waals surface area contributed by atoms with Gasteiger partial charge in [0.05, 0.1) is 0 Å². The molecule has 0 aromatic carbocycles. The second-order valence-electron chi connectivity index (χ2n) is 6.20. The minimum atomic E-state index is 0.230. The van der Waals surface area contributed by atoms with Crippen molar-refractivity contribution in [3.05, 3.63) is 24.0 Å². The smallest absolute Gasteiger partial charge is 0.270 e. The lowest BCUT2D eigenvalue weighted by Gasteiger charge is -2.24. The van der Waals surface area contributed by atoms with E-state index < -0.39 is 0 Å². The molecule has 4 rings (SSSR count). The molecular formula is C15H21N3O. The number of nitrogens with one attached hydrogen (secondary N) is 1. The van der Waals surface area contributed by atoms with Crippen molar-refractivity contribution < 1.29 is 4.79 Å². The van der Waals surface area contributed by atoms with Crippen LogP contribution in [0.4, 0.5) is 0 Å². The van der Waals surface area contributed by atoms with E-state index in [9.17, 15) is 4.79 Å². The van der Waals surface area contributed by atoms with Crippen molar-refractivity contribution in [3.8, 4) is 0 Å². The summed E-state index contributed by atoms with van der Waals surface area (Å²) in [6.07, 6.45) is 7.03. The normalized spacial score (nSPS) is 30.4. The lowest BCUT2D eigenvalue weighted by molar-refractivity contribution is 0.0774. The number of piperidine rings is 1. The molecule has 0 radical (unpaired) electrons. The van der Waals surface area contributed by atoms with Gasteiger partial charge in [0.15, 0.2) is 0 Å². The van der Waals surface area contributed by atoms with Crippen LogP contribution >= 0.6 is 0 Å². The summed E-state index contributed by atoms with van der Waals surface area (Å²) in [5.41, 5.74) is 0.890. The van der Waals surface area contributed by atoms with Crippen molar-refractivity contribution in [2.75, 3.05) is 19.6 Å². The standard InChI is InChI=1S/C15H21N3O/c19-15(14-4-2-8-18(14)12-5-6-12)17-9-11-3-1-7-16-13(11)10-17/h2,4,8,11-13,16H,1,3,5-7,9-10H2/t11-,13+/m0/s1. The summed E-state index contributed by atoms with van der Waals surface area (Å²) in [6, 6.07) is 5.10. The average molecular weight is 259 g/mol. The van der Waals surface area contributed by atoms with Crippen LogP contribution in [-0.2, 0) is 0 Å². The van der Waals surface area contributed by atoms with Gasteiger partial charge in [0.2, 0.25) is 0 Å². The summed E-state index contributed by atoms with van der Waals surface area (Å²) in [4.78, 5) is 14.7. The molecule has 2 aliphatic heterocycles. The Morgan fingerprint density at radius 1 is 1.26 bits per heavy atom. The molecule has 4 nitrogen and oxygen atoms in total. The van der Waals surface area contributed by atoms with Gasteiger partial charge in [-0.2, -0.15) is 0 Å². The molecule has 0 spiro atoms. The van der Waals surface area contributed by atoms with Crippen LogP contribution in [-0.4, -0.2) is 41.1 Å². The van der Waals surface area contributed by atoms with Crippen molar-refractivity contribution >= 4 is 5.91 Å². The van der Waals surface area contributed by atoms with E-state index in [1.54, 1.807) is 0 Å². The molecule has 2 atom stereocenters. The highest BCUT2D eigenvalue weighted by Gasteiger charge is 2.38. The van der Waals surface area contributed by atoms with Gasteiger partial charge >= 0.3 is 0 Å². The fourth-order valence-electron chi connectivity index (χ4n) is 3.62. The molecule has 1 N–H and O–H groups in total. The maximum absolute atomic E-state index is 12.7. The predicted octanol–water partition coefficient (Wildman–Crippen LogP) is 1.65. The lowest BCUT2D eigenvalue weighted by atomic mass is 9.94. The predicted molar refractivity (Wildman–Crippen MR) is 73.1 cm³/mol. The Morgan fingerprint density at radius 3 is 2.95 bits per heavy atom. The number of hydrogen-bond acceptors (Lipinski definition) is 2. The summed E-state index contributed by atoms with van der Waals surface area (Å²) in [5, 5.41) is 3.56. The Balaban J connectivity index is 1.52. The lowest BCUT2D eigenvalue weighted by Crippen LogP contribution is -2.41. The van der Waals surface area contributed by atoms with E-state index in [0.717, 1.165) is 25.3 Å². The minimum absolute atomic E-state index is 0.230. The Bertz CT molecular complexity index is 477. The minimum Gasteiger partial charge on any atom is -0.340 e. The van der Waals surface area contributed by atoms with Crippen LogP contribution in [0.1, 0.15) is 42.2 Å². The summed E-state index contributed by atoms with van der Waals surface area (Å²) in [7, 11) is 0. The second-order valence-corrected chi connectivity index (χ2v) is 6.20. The average Bonchev–Trinajstić information content (AvgIpc) is 3.02. The van der Waals surface area contributed by atoms with Gasteiger partial charge in [0, 0.05) is 31.4 Å². The molecule has 1 amide bonds. The van der Waals surface area contributed by atoms with Crippen molar-refractivity contribution in [2.24, 2.45) is 5.92 Å². The Morgan fingerprint density at radius 2 is 2.16 bits per heavy atom. The molecule has 2 saturated heterocycles. The summed E-state index contributed by atoms with van der Waals surface area (Å²) in [6.45, 7) is 2.94. The van der Waals surface area contributed by atoms with Crippen molar-refractivity contribution in [1.82, 2.24) is 14.8 Å². The number of aromatic nitrogens is 1. The third kappa shape index (κ3) is 1.98. The van der Waals surface area contributed by atoms with E-state index >= 15 is 0 Å². The molecule has 0 unspecified atom stereocenters. The van der Waals surface area contributed by atoms with Crippen LogP contribution in [0.2, 0.25) is 0 Å². The van der Waals surface area contributed by atoms with E-state index in [4.69, 9.17) is 0 Å². The zero-order chi connectivity index (χ0) is 12.8. The van der Waals surface area contributed by atoms with E-state index in [2.05, 4.69) is 21.0 Å². The van der Waals surface area contributed by atoms with Gasteiger partial charge in [-0.15, -0.1) is 0 Å². The number of fused-ring (bicyclic) bond motifs is 1. The first-order valence-corrected chi connectivity index (χ1v) is 7.52. The fraction of sp³-hybridized carbons (Fsp3) is 0.667. The van der Waals surface area contributed by atoms with Gasteiger partial charge in [0.25, 0.3) is 5.91 Å². The first-order valence-electron chi connectivity index (χ1n) is 7.52. The molecule has 1 aromatic rings. The monoisotopic (exact) mass is 259 g/mol. The SMILES string of the molecule is O=C(c1cccn1C1CC1)N1C[C@@H]2CCCN[C@@H]2C1. The number of carbonyl (C=O) groups is 1. The van der Waals surface area contributed by atoms with Crippen LogP contribution in [0.25, 0.3) is 0 Å². The van der Waals surface area contributed by atoms with Crippen molar-refractivity contribution in [2.45, 2.75) is 37.8 Å². The molecular weight excluding hydrogens is 238 g/mol. The van der Waals surface area contributed by atoms with E-state index in [0.29, 0.717) is 18.0 Å². The number of carbonyl (C=O) groups excluding carboxylic acids is 1. The molecule has 1 aliphatic carbocycles.